The molecule has 0 amide bonds. The van der Waals surface area contributed by atoms with E-state index in [2.05, 4.69) is 6.55 Å². The van der Waals surface area contributed by atoms with Crippen molar-refractivity contribution in [3.63, 3.8) is 0 Å². The number of hydrogen-bond donors (Lipinski definition) is 2. The molecule has 0 aromatic rings. The van der Waals surface area contributed by atoms with Crippen LogP contribution in [0.25, 0.3) is 0 Å². The summed E-state index contributed by atoms with van der Waals surface area (Å²) in [5, 5.41) is 0. The molecule has 0 fully saturated rings. The summed E-state index contributed by atoms with van der Waals surface area (Å²) in [6, 6.07) is 1.10. The lowest BCUT2D eigenvalue weighted by atomic mass is 10.2. The Morgan fingerprint density at radius 3 is 2.23 bits per heavy atom. The average molecular weight is 206 g/mol. The van der Waals surface area contributed by atoms with Crippen LogP contribution in [0.3, 0.4) is 0 Å². The van der Waals surface area contributed by atoms with E-state index in [1.54, 1.807) is 14.2 Å². The average Bonchev–Trinajstić information content (AvgIpc) is 2.17. The highest BCUT2D eigenvalue weighted by Crippen LogP contribution is 2.15. The number of rotatable bonds is 7. The highest BCUT2D eigenvalue weighted by molar-refractivity contribution is 6.65. The van der Waals surface area contributed by atoms with Crippen LogP contribution < -0.4 is 11.5 Å². The summed E-state index contributed by atoms with van der Waals surface area (Å²) >= 11 is 0. The Hall–Kier alpha value is 0.0569. The molecule has 1 atom stereocenters. The van der Waals surface area contributed by atoms with Gasteiger partial charge < -0.3 is 20.3 Å². The van der Waals surface area contributed by atoms with Gasteiger partial charge in [0, 0.05) is 26.8 Å². The molecule has 0 aromatic heterocycles. The first-order valence-corrected chi connectivity index (χ1v) is 7.16. The summed E-state index contributed by atoms with van der Waals surface area (Å²) in [7, 11) is 1.54. The Kier molecular flexibility index (Phi) is 6.53. The first kappa shape index (κ1) is 13.1. The topological polar surface area (TPSA) is 70.5 Å². The van der Waals surface area contributed by atoms with E-state index in [1.807, 2.05) is 0 Å². The van der Waals surface area contributed by atoms with Gasteiger partial charge in [-0.05, 0) is 25.4 Å². The van der Waals surface area contributed by atoms with Gasteiger partial charge in [-0.25, -0.2) is 0 Å². The Morgan fingerprint density at radius 2 is 1.85 bits per heavy atom. The lowest BCUT2D eigenvalue weighted by Gasteiger charge is -2.23. The van der Waals surface area contributed by atoms with Crippen LogP contribution in [0.15, 0.2) is 0 Å². The molecule has 0 heterocycles. The second-order valence-electron chi connectivity index (χ2n) is 3.43. The first-order valence-electron chi connectivity index (χ1n) is 4.64. The third-order valence-corrected chi connectivity index (χ3v) is 5.36. The predicted molar refractivity (Wildman–Crippen MR) is 56.7 cm³/mol. The van der Waals surface area contributed by atoms with Gasteiger partial charge in [0.1, 0.15) is 0 Å². The van der Waals surface area contributed by atoms with Crippen LogP contribution in [0.5, 0.6) is 0 Å². The van der Waals surface area contributed by atoms with Crippen molar-refractivity contribution in [2.75, 3.05) is 20.8 Å². The molecule has 0 aliphatic rings. The van der Waals surface area contributed by atoms with Crippen molar-refractivity contribution >= 4 is 8.56 Å². The molecule has 5 heteroatoms. The molecule has 0 aromatic carbocycles. The minimum absolute atomic E-state index is 0.118. The smallest absolute Gasteiger partial charge is 0.334 e. The van der Waals surface area contributed by atoms with E-state index in [9.17, 15) is 0 Å². The van der Waals surface area contributed by atoms with E-state index in [4.69, 9.17) is 20.3 Å². The summed E-state index contributed by atoms with van der Waals surface area (Å²) in [5.41, 5.74) is 11.1. The van der Waals surface area contributed by atoms with Gasteiger partial charge in [-0.2, -0.15) is 0 Å². The molecule has 4 N–H and O–H groups in total. The zero-order valence-corrected chi connectivity index (χ0v) is 9.88. The molecule has 1 unspecified atom stereocenters. The SMILES string of the molecule is CO[Si](C)(CCCC(N)CN)OC. The molecule has 0 saturated heterocycles. The van der Waals surface area contributed by atoms with E-state index in [1.165, 1.54) is 0 Å². The summed E-state index contributed by atoms with van der Waals surface area (Å²) < 4.78 is 10.7. The van der Waals surface area contributed by atoms with Gasteiger partial charge in [-0.15, -0.1) is 0 Å². The van der Waals surface area contributed by atoms with Gasteiger partial charge in [0.25, 0.3) is 0 Å². The predicted octanol–water partition coefficient (Wildman–Crippen LogP) is 0.417. The van der Waals surface area contributed by atoms with Crippen LogP contribution >= 0.6 is 0 Å². The van der Waals surface area contributed by atoms with Crippen LogP contribution in [0.1, 0.15) is 12.8 Å². The van der Waals surface area contributed by atoms with E-state index in [0.717, 1.165) is 18.9 Å². The maximum atomic E-state index is 5.69. The lowest BCUT2D eigenvalue weighted by molar-refractivity contribution is 0.248. The molecular formula is C8H22N2O2Si. The maximum absolute atomic E-state index is 5.69. The molecule has 0 saturated carbocycles. The lowest BCUT2D eigenvalue weighted by Crippen LogP contribution is -2.37. The van der Waals surface area contributed by atoms with E-state index < -0.39 is 8.56 Å². The van der Waals surface area contributed by atoms with Crippen molar-refractivity contribution in [3.05, 3.63) is 0 Å². The second-order valence-corrected chi connectivity index (χ2v) is 7.01. The molecule has 0 bridgehead atoms. The Balaban J connectivity index is 3.61. The fraction of sp³-hybridized carbons (Fsp3) is 1.00. The van der Waals surface area contributed by atoms with Crippen molar-refractivity contribution in [2.45, 2.75) is 31.5 Å². The van der Waals surface area contributed by atoms with Gasteiger partial charge in [0.05, 0.1) is 0 Å². The quantitative estimate of drug-likeness (QED) is 0.592. The second kappa shape index (κ2) is 6.50. The third-order valence-electron chi connectivity index (χ3n) is 2.37. The molecule has 0 aliphatic heterocycles. The van der Waals surface area contributed by atoms with E-state index in [-0.39, 0.29) is 6.04 Å². The van der Waals surface area contributed by atoms with E-state index in [0.29, 0.717) is 6.54 Å². The Morgan fingerprint density at radius 1 is 1.31 bits per heavy atom. The van der Waals surface area contributed by atoms with Crippen LogP contribution in [0.2, 0.25) is 12.6 Å². The Labute approximate surface area is 81.8 Å². The molecule has 4 nitrogen and oxygen atoms in total. The molecule has 80 valence electrons. The summed E-state index contributed by atoms with van der Waals surface area (Å²) in [4.78, 5) is 0. The van der Waals surface area contributed by atoms with Gasteiger partial charge in [-0.1, -0.05) is 0 Å². The third kappa shape index (κ3) is 5.38. The van der Waals surface area contributed by atoms with Gasteiger partial charge in [0.2, 0.25) is 0 Å². The molecular weight excluding hydrogens is 184 g/mol. The largest absolute Gasteiger partial charge is 0.398 e. The molecule has 0 rings (SSSR count). The number of hydrogen-bond acceptors (Lipinski definition) is 4. The molecule has 0 spiro atoms. The van der Waals surface area contributed by atoms with Crippen LogP contribution in [0.4, 0.5) is 0 Å². The van der Waals surface area contributed by atoms with Crippen molar-refractivity contribution in [1.82, 2.24) is 0 Å². The highest BCUT2D eigenvalue weighted by atomic mass is 28.4. The van der Waals surface area contributed by atoms with Gasteiger partial charge in [-0.3, -0.25) is 0 Å². The highest BCUT2D eigenvalue weighted by Gasteiger charge is 2.27. The van der Waals surface area contributed by atoms with Crippen LogP contribution in [-0.2, 0) is 8.85 Å². The molecule has 13 heavy (non-hydrogen) atoms. The summed E-state index contributed by atoms with van der Waals surface area (Å²) in [6.07, 6.45) is 1.98. The maximum Gasteiger partial charge on any atom is 0.334 e. The van der Waals surface area contributed by atoms with Crippen LogP contribution in [0, 0.1) is 0 Å². The monoisotopic (exact) mass is 206 g/mol. The fourth-order valence-corrected chi connectivity index (χ4v) is 2.51. The number of nitrogens with two attached hydrogens (primary N) is 2. The molecule has 0 aliphatic carbocycles. The van der Waals surface area contributed by atoms with Crippen molar-refractivity contribution in [1.29, 1.82) is 0 Å². The minimum atomic E-state index is -1.87. The van der Waals surface area contributed by atoms with Gasteiger partial charge >= 0.3 is 8.56 Å². The first-order chi connectivity index (χ1) is 6.08. The van der Waals surface area contributed by atoms with E-state index >= 15 is 0 Å². The zero-order chi connectivity index (χ0) is 10.3. The normalized spacial score (nSPS) is 14.5. The minimum Gasteiger partial charge on any atom is -0.398 e. The van der Waals surface area contributed by atoms with Crippen molar-refractivity contribution < 1.29 is 8.85 Å². The molecule has 0 radical (unpaired) electrons. The fourth-order valence-electron chi connectivity index (χ4n) is 1.09. The van der Waals surface area contributed by atoms with Gasteiger partial charge in [0.15, 0.2) is 0 Å². The van der Waals surface area contributed by atoms with Crippen LogP contribution in [-0.4, -0.2) is 35.4 Å². The summed E-state index contributed by atoms with van der Waals surface area (Å²) in [5.74, 6) is 0. The zero-order valence-electron chi connectivity index (χ0n) is 8.88. The summed E-state index contributed by atoms with van der Waals surface area (Å²) in [6.45, 7) is 2.61. The van der Waals surface area contributed by atoms with Crippen molar-refractivity contribution in [3.8, 4) is 0 Å². The standard InChI is InChI=1S/C8H22N2O2Si/c1-11-13(3,12-2)6-4-5-8(10)7-9/h8H,4-7,9-10H2,1-3H3. The van der Waals surface area contributed by atoms with Crippen molar-refractivity contribution in [2.24, 2.45) is 11.5 Å². The Bertz CT molecular complexity index is 131.